The summed E-state index contributed by atoms with van der Waals surface area (Å²) in [4.78, 5) is 29.6. The van der Waals surface area contributed by atoms with Gasteiger partial charge in [0.05, 0.1) is 6.61 Å². The third-order valence-corrected chi connectivity index (χ3v) is 3.58. The third-order valence-electron chi connectivity index (χ3n) is 3.58. The summed E-state index contributed by atoms with van der Waals surface area (Å²) in [5.74, 6) is 0.156. The zero-order chi connectivity index (χ0) is 16.8. The quantitative estimate of drug-likeness (QED) is 0.609. The van der Waals surface area contributed by atoms with E-state index in [0.29, 0.717) is 12.4 Å². The number of pyridine rings is 1. The largest absolute Gasteiger partial charge is 0.477 e. The highest BCUT2D eigenvalue weighted by atomic mass is 16.5. The summed E-state index contributed by atoms with van der Waals surface area (Å²) in [6.45, 7) is 3.92. The number of esters is 1. The van der Waals surface area contributed by atoms with E-state index in [1.807, 2.05) is 0 Å². The summed E-state index contributed by atoms with van der Waals surface area (Å²) >= 11 is 0. The summed E-state index contributed by atoms with van der Waals surface area (Å²) in [6, 6.07) is 3.23. The van der Waals surface area contributed by atoms with Crippen LogP contribution in [0.2, 0.25) is 0 Å². The molecule has 1 atom stereocenters. The maximum atomic E-state index is 12.3. The molecule has 0 aromatic carbocycles. The van der Waals surface area contributed by atoms with Crippen molar-refractivity contribution in [2.24, 2.45) is 0 Å². The van der Waals surface area contributed by atoms with Gasteiger partial charge in [0.2, 0.25) is 0 Å². The molecule has 0 spiro atoms. The van der Waals surface area contributed by atoms with Crippen molar-refractivity contribution in [3.8, 4) is 5.75 Å². The minimum absolute atomic E-state index is 0.191. The molecule has 1 aliphatic rings. The van der Waals surface area contributed by atoms with Crippen LogP contribution in [0.5, 0.6) is 5.75 Å². The molecule has 2 heterocycles. The minimum Gasteiger partial charge on any atom is -0.477 e. The van der Waals surface area contributed by atoms with Gasteiger partial charge in [-0.3, -0.25) is 14.5 Å². The van der Waals surface area contributed by atoms with Crippen molar-refractivity contribution >= 4 is 23.5 Å². The summed E-state index contributed by atoms with van der Waals surface area (Å²) in [6.07, 6.45) is 3.42. The Kier molecular flexibility index (Phi) is 5.78. The van der Waals surface area contributed by atoms with Crippen LogP contribution in [0, 0.1) is 0 Å². The number of aromatic nitrogens is 1. The lowest BCUT2D eigenvalue weighted by Gasteiger charge is -2.31. The predicted octanol–water partition coefficient (Wildman–Crippen LogP) is 1.90. The van der Waals surface area contributed by atoms with Crippen LogP contribution in [0.15, 0.2) is 12.1 Å². The van der Waals surface area contributed by atoms with Crippen molar-refractivity contribution in [3.63, 3.8) is 0 Å². The second-order valence-electron chi connectivity index (χ2n) is 5.52. The van der Waals surface area contributed by atoms with Crippen molar-refractivity contribution in [3.05, 3.63) is 12.1 Å². The highest BCUT2D eigenvalue weighted by molar-refractivity contribution is 6.02. The first-order chi connectivity index (χ1) is 11.0. The highest BCUT2D eigenvalue weighted by Crippen LogP contribution is 2.32. The van der Waals surface area contributed by atoms with Crippen LogP contribution >= 0.6 is 0 Å². The molecule has 1 amide bonds. The number of ether oxygens (including phenoxy) is 2. The fraction of sp³-hybridized carbons (Fsp3) is 0.562. The zero-order valence-electron chi connectivity index (χ0n) is 13.6. The highest BCUT2D eigenvalue weighted by Gasteiger charge is 2.34. The molecule has 1 unspecified atom stereocenters. The first-order valence-corrected chi connectivity index (χ1v) is 7.93. The molecule has 126 valence electrons. The number of amides is 1. The van der Waals surface area contributed by atoms with Crippen molar-refractivity contribution in [2.75, 3.05) is 23.8 Å². The fourth-order valence-corrected chi connectivity index (χ4v) is 2.34. The summed E-state index contributed by atoms with van der Waals surface area (Å²) in [5.41, 5.74) is 5.66. The number of nitrogen functional groups attached to an aromatic ring is 1. The van der Waals surface area contributed by atoms with Crippen molar-refractivity contribution in [1.82, 2.24) is 4.98 Å². The number of nitrogens with zero attached hydrogens (tertiary/aromatic N) is 2. The predicted molar refractivity (Wildman–Crippen MR) is 86.2 cm³/mol. The van der Waals surface area contributed by atoms with E-state index in [1.54, 1.807) is 19.1 Å². The van der Waals surface area contributed by atoms with Crippen LogP contribution in [0.3, 0.4) is 0 Å². The molecule has 2 rings (SSSR count). The molecule has 1 aliphatic heterocycles. The molecule has 7 heteroatoms. The average Bonchev–Trinajstić information content (AvgIpc) is 2.52. The first-order valence-electron chi connectivity index (χ1n) is 7.93. The van der Waals surface area contributed by atoms with Crippen LogP contribution in [-0.4, -0.2) is 36.1 Å². The maximum absolute atomic E-state index is 12.3. The SMILES string of the molecule is CCCCCCOC(=O)CN1C(=O)C(C)Oc2ccc(N)nc21. The molecular weight excluding hydrogens is 298 g/mol. The van der Waals surface area contributed by atoms with Crippen molar-refractivity contribution in [2.45, 2.75) is 45.6 Å². The number of carbonyl (C=O) groups excluding carboxylic acids is 2. The second-order valence-corrected chi connectivity index (χ2v) is 5.52. The Labute approximate surface area is 135 Å². The van der Waals surface area contributed by atoms with Crippen LogP contribution < -0.4 is 15.4 Å². The molecule has 1 aromatic rings. The van der Waals surface area contributed by atoms with Gasteiger partial charge in [0.25, 0.3) is 5.91 Å². The Morgan fingerprint density at radius 1 is 1.39 bits per heavy atom. The van der Waals surface area contributed by atoms with Crippen molar-refractivity contribution < 1.29 is 19.1 Å². The van der Waals surface area contributed by atoms with Crippen LogP contribution in [0.1, 0.15) is 39.5 Å². The van der Waals surface area contributed by atoms with E-state index in [1.165, 1.54) is 4.90 Å². The Balaban J connectivity index is 1.99. The van der Waals surface area contributed by atoms with E-state index >= 15 is 0 Å². The van der Waals surface area contributed by atoms with Gasteiger partial charge in [-0.2, -0.15) is 0 Å². The van der Waals surface area contributed by atoms with Gasteiger partial charge in [0.15, 0.2) is 17.7 Å². The van der Waals surface area contributed by atoms with Gasteiger partial charge >= 0.3 is 5.97 Å². The second kappa shape index (κ2) is 7.80. The standard InChI is InChI=1S/C16H23N3O4/c1-3-4-5-6-9-22-14(20)10-19-15-12(7-8-13(17)18-15)23-11(2)16(19)21/h7-8,11H,3-6,9-10H2,1-2H3,(H2,17,18). The van der Waals surface area contributed by atoms with Gasteiger partial charge in [0, 0.05) is 0 Å². The number of nitrogens with two attached hydrogens (primary N) is 1. The third kappa shape index (κ3) is 4.34. The number of fused-ring (bicyclic) bond motifs is 1. The Bertz CT molecular complexity index is 576. The summed E-state index contributed by atoms with van der Waals surface area (Å²) in [5, 5.41) is 0. The molecule has 0 fully saturated rings. The Hall–Kier alpha value is -2.31. The van der Waals surface area contributed by atoms with E-state index in [2.05, 4.69) is 11.9 Å². The average molecular weight is 321 g/mol. The number of rotatable bonds is 7. The number of carbonyl (C=O) groups is 2. The zero-order valence-corrected chi connectivity index (χ0v) is 13.6. The smallest absolute Gasteiger partial charge is 0.326 e. The number of hydrogen-bond acceptors (Lipinski definition) is 6. The van der Waals surface area contributed by atoms with Crippen LogP contribution in [0.4, 0.5) is 11.6 Å². The lowest BCUT2D eigenvalue weighted by molar-refractivity contribution is -0.143. The fourth-order valence-electron chi connectivity index (χ4n) is 2.34. The van der Waals surface area contributed by atoms with Gasteiger partial charge in [0.1, 0.15) is 12.4 Å². The molecule has 0 saturated carbocycles. The van der Waals surface area contributed by atoms with Gasteiger partial charge in [-0.15, -0.1) is 0 Å². The molecule has 0 aliphatic carbocycles. The molecule has 0 radical (unpaired) electrons. The van der Waals surface area contributed by atoms with Crippen LogP contribution in [-0.2, 0) is 14.3 Å². The van der Waals surface area contributed by atoms with E-state index in [9.17, 15) is 9.59 Å². The molecule has 23 heavy (non-hydrogen) atoms. The van der Waals surface area contributed by atoms with E-state index < -0.39 is 12.1 Å². The Morgan fingerprint density at radius 3 is 2.91 bits per heavy atom. The monoisotopic (exact) mass is 321 g/mol. The van der Waals surface area contributed by atoms with Gasteiger partial charge in [-0.25, -0.2) is 4.98 Å². The number of hydrogen-bond donors (Lipinski definition) is 1. The van der Waals surface area contributed by atoms with Gasteiger partial charge in [-0.05, 0) is 25.5 Å². The normalized spacial score (nSPS) is 16.7. The van der Waals surface area contributed by atoms with Gasteiger partial charge < -0.3 is 15.2 Å². The molecule has 1 aromatic heterocycles. The molecule has 2 N–H and O–H groups in total. The summed E-state index contributed by atoms with van der Waals surface area (Å²) in [7, 11) is 0. The summed E-state index contributed by atoms with van der Waals surface area (Å²) < 4.78 is 10.7. The van der Waals surface area contributed by atoms with E-state index in [-0.39, 0.29) is 24.1 Å². The lowest BCUT2D eigenvalue weighted by Crippen LogP contribution is -2.47. The molecule has 0 bridgehead atoms. The molecular formula is C16H23N3O4. The first kappa shape index (κ1) is 17.1. The van der Waals surface area contributed by atoms with E-state index in [0.717, 1.165) is 25.7 Å². The number of anilines is 2. The van der Waals surface area contributed by atoms with Crippen molar-refractivity contribution in [1.29, 1.82) is 0 Å². The van der Waals surface area contributed by atoms with Gasteiger partial charge in [-0.1, -0.05) is 26.2 Å². The maximum Gasteiger partial charge on any atom is 0.326 e. The Morgan fingerprint density at radius 2 is 2.17 bits per heavy atom. The molecule has 0 saturated heterocycles. The minimum atomic E-state index is -0.676. The number of unbranched alkanes of at least 4 members (excludes halogenated alkanes) is 3. The topological polar surface area (TPSA) is 94.8 Å². The van der Waals surface area contributed by atoms with E-state index in [4.69, 9.17) is 15.2 Å². The lowest BCUT2D eigenvalue weighted by atomic mass is 10.2. The molecule has 7 nitrogen and oxygen atoms in total. The van der Waals surface area contributed by atoms with Crippen LogP contribution in [0.25, 0.3) is 0 Å².